The van der Waals surface area contributed by atoms with E-state index in [1.54, 1.807) is 0 Å². The molecule has 0 aliphatic heterocycles. The molecule has 3 aromatic rings. The average Bonchev–Trinajstić information content (AvgIpc) is 2.53. The lowest BCUT2D eigenvalue weighted by Crippen LogP contribution is -2.12. The molecule has 2 heterocycles. The molecule has 24 heavy (non-hydrogen) atoms. The van der Waals surface area contributed by atoms with Gasteiger partial charge >= 0.3 is 6.61 Å². The molecule has 5 nitrogen and oxygen atoms in total. The van der Waals surface area contributed by atoms with Crippen LogP contribution in [-0.4, -0.2) is 21.8 Å². The Morgan fingerprint density at radius 3 is 2.54 bits per heavy atom. The van der Waals surface area contributed by atoms with Gasteiger partial charge in [-0.2, -0.15) is 13.9 Å². The number of pyridine rings is 1. The number of aromatic nitrogens is 3. The van der Waals surface area contributed by atoms with Crippen molar-refractivity contribution in [1.29, 1.82) is 0 Å². The van der Waals surface area contributed by atoms with Crippen molar-refractivity contribution in [2.75, 3.05) is 0 Å². The predicted molar refractivity (Wildman–Crippen MR) is 86.1 cm³/mol. The molecule has 0 radical (unpaired) electrons. The summed E-state index contributed by atoms with van der Waals surface area (Å²) >= 11 is 12.2. The summed E-state index contributed by atoms with van der Waals surface area (Å²) < 4.78 is 29.0. The maximum absolute atomic E-state index is 12.3. The van der Waals surface area contributed by atoms with Crippen LogP contribution in [0.3, 0.4) is 0 Å². The van der Waals surface area contributed by atoms with E-state index in [1.165, 1.54) is 30.6 Å². The Hall–Kier alpha value is -2.25. The number of rotatable bonds is 4. The highest BCUT2D eigenvalue weighted by molar-refractivity contribution is 6.35. The second kappa shape index (κ2) is 6.70. The maximum atomic E-state index is 12.3. The first kappa shape index (κ1) is 16.6. The molecule has 1 aromatic carbocycles. The van der Waals surface area contributed by atoms with Crippen LogP contribution >= 0.6 is 23.2 Å². The molecule has 0 aliphatic carbocycles. The summed E-state index contributed by atoms with van der Waals surface area (Å²) in [6.07, 6.45) is 3.14. The lowest BCUT2D eigenvalue weighted by Gasteiger charge is -2.09. The molecular weight excluding hydrogens is 363 g/mol. The number of alkyl halides is 2. The van der Waals surface area contributed by atoms with Crippen LogP contribution in [0.5, 0.6) is 5.75 Å². The molecule has 0 atom stereocenters. The zero-order chi connectivity index (χ0) is 17.3. The van der Waals surface area contributed by atoms with E-state index in [0.29, 0.717) is 26.7 Å². The topological polar surface area (TPSA) is 67.9 Å². The lowest BCUT2D eigenvalue weighted by atomic mass is 10.1. The number of hydrogen-bond donors (Lipinski definition) is 1. The molecule has 0 aliphatic rings. The fraction of sp³-hybridized carbons (Fsp3) is 0.133. The molecule has 2 aromatic heterocycles. The molecule has 0 fully saturated rings. The minimum absolute atomic E-state index is 0.111. The first-order chi connectivity index (χ1) is 11.5. The summed E-state index contributed by atoms with van der Waals surface area (Å²) in [5, 5.41) is 7.74. The third kappa shape index (κ3) is 3.32. The van der Waals surface area contributed by atoms with Crippen molar-refractivity contribution in [2.45, 2.75) is 13.0 Å². The van der Waals surface area contributed by atoms with Gasteiger partial charge in [0.2, 0.25) is 0 Å². The maximum Gasteiger partial charge on any atom is 0.387 e. The number of halogens is 4. The Kier molecular flexibility index (Phi) is 4.64. The summed E-state index contributed by atoms with van der Waals surface area (Å²) in [7, 11) is 0. The van der Waals surface area contributed by atoms with E-state index >= 15 is 0 Å². The van der Waals surface area contributed by atoms with Crippen molar-refractivity contribution >= 4 is 34.0 Å². The van der Waals surface area contributed by atoms with Crippen molar-refractivity contribution in [1.82, 2.24) is 15.2 Å². The van der Waals surface area contributed by atoms with E-state index in [4.69, 9.17) is 23.2 Å². The first-order valence-electron chi connectivity index (χ1n) is 6.69. The molecule has 0 amide bonds. The number of benzene rings is 1. The van der Waals surface area contributed by atoms with Crippen LogP contribution in [0.2, 0.25) is 10.0 Å². The highest BCUT2D eigenvalue weighted by Crippen LogP contribution is 2.28. The van der Waals surface area contributed by atoms with Crippen molar-refractivity contribution in [2.24, 2.45) is 0 Å². The Labute approximate surface area is 144 Å². The van der Waals surface area contributed by atoms with Crippen LogP contribution in [0.25, 0.3) is 10.8 Å². The number of nitrogens with one attached hydrogen (secondary N) is 1. The van der Waals surface area contributed by atoms with Gasteiger partial charge in [0, 0.05) is 24.2 Å². The van der Waals surface area contributed by atoms with E-state index < -0.39 is 12.2 Å². The third-order valence-corrected chi connectivity index (χ3v) is 4.01. The summed E-state index contributed by atoms with van der Waals surface area (Å²) in [6.45, 7) is -2.97. The van der Waals surface area contributed by atoms with E-state index in [9.17, 15) is 13.6 Å². The molecule has 0 unspecified atom stereocenters. The minimum atomic E-state index is -2.97. The lowest BCUT2D eigenvalue weighted by molar-refractivity contribution is -0.0497. The summed E-state index contributed by atoms with van der Waals surface area (Å²) in [4.78, 5) is 15.8. The fourth-order valence-electron chi connectivity index (χ4n) is 2.29. The molecule has 0 saturated carbocycles. The highest BCUT2D eigenvalue weighted by atomic mass is 35.5. The van der Waals surface area contributed by atoms with Gasteiger partial charge in [0.1, 0.15) is 5.75 Å². The van der Waals surface area contributed by atoms with Crippen LogP contribution in [-0.2, 0) is 6.42 Å². The monoisotopic (exact) mass is 371 g/mol. The smallest absolute Gasteiger partial charge is 0.387 e. The molecular formula is C15H9Cl2F2N3O2. The number of ether oxygens (including phenoxy) is 1. The largest absolute Gasteiger partial charge is 0.435 e. The summed E-state index contributed by atoms with van der Waals surface area (Å²) in [6, 6.07) is 4.07. The number of nitrogens with zero attached hydrogens (tertiary/aromatic N) is 2. The second-order valence-corrected chi connectivity index (χ2v) is 5.66. The molecule has 1 N–H and O–H groups in total. The zero-order valence-electron chi connectivity index (χ0n) is 11.9. The van der Waals surface area contributed by atoms with Gasteiger partial charge in [-0.1, -0.05) is 23.2 Å². The molecule has 0 spiro atoms. The highest BCUT2D eigenvalue weighted by Gasteiger charge is 2.14. The van der Waals surface area contributed by atoms with Crippen LogP contribution < -0.4 is 10.3 Å². The van der Waals surface area contributed by atoms with E-state index in [0.717, 1.165) is 0 Å². The van der Waals surface area contributed by atoms with E-state index in [-0.39, 0.29) is 17.6 Å². The zero-order valence-corrected chi connectivity index (χ0v) is 13.4. The summed E-state index contributed by atoms with van der Waals surface area (Å²) in [5.74, 6) is -0.111. The Bertz CT molecular complexity index is 943. The van der Waals surface area contributed by atoms with Gasteiger partial charge in [-0.15, -0.1) is 0 Å². The number of aromatic amines is 1. The summed E-state index contributed by atoms with van der Waals surface area (Å²) in [5.41, 5.74) is 0.575. The van der Waals surface area contributed by atoms with Crippen LogP contribution in [0, 0.1) is 0 Å². The molecule has 0 saturated heterocycles. The SMILES string of the molecule is O=c1[nH]nc(Cc2c(Cl)cncc2Cl)c2ccc(OC(F)F)cc12. The van der Waals surface area contributed by atoms with Gasteiger partial charge in [-0.25, -0.2) is 5.10 Å². The molecule has 124 valence electrons. The van der Waals surface area contributed by atoms with Gasteiger partial charge in [-0.3, -0.25) is 9.78 Å². The Balaban J connectivity index is 2.09. The molecule has 9 heteroatoms. The standard InChI is InChI=1S/C15H9Cl2F2N3O2/c16-11-5-20-6-12(17)10(11)4-13-8-2-1-7(24-15(18)19)3-9(8)14(23)22-21-13/h1-3,5-6,15H,4H2,(H,22,23). The molecule has 0 bridgehead atoms. The van der Waals surface area contributed by atoms with Crippen molar-refractivity contribution in [3.05, 3.63) is 62.2 Å². The van der Waals surface area contributed by atoms with Gasteiger partial charge in [0.25, 0.3) is 5.56 Å². The first-order valence-corrected chi connectivity index (χ1v) is 7.45. The van der Waals surface area contributed by atoms with Gasteiger partial charge < -0.3 is 4.74 Å². The van der Waals surface area contributed by atoms with Crippen molar-refractivity contribution in [3.8, 4) is 5.75 Å². The van der Waals surface area contributed by atoms with Gasteiger partial charge in [0.15, 0.2) is 0 Å². The van der Waals surface area contributed by atoms with Crippen LogP contribution in [0.4, 0.5) is 8.78 Å². The quantitative estimate of drug-likeness (QED) is 0.756. The van der Waals surface area contributed by atoms with Crippen LogP contribution in [0.1, 0.15) is 11.3 Å². The number of H-pyrrole nitrogens is 1. The average molecular weight is 372 g/mol. The third-order valence-electron chi connectivity index (χ3n) is 3.36. The van der Waals surface area contributed by atoms with Crippen LogP contribution in [0.15, 0.2) is 35.4 Å². The van der Waals surface area contributed by atoms with E-state index in [1.807, 2.05) is 0 Å². The second-order valence-electron chi connectivity index (χ2n) is 4.84. The normalized spacial score (nSPS) is 11.2. The minimum Gasteiger partial charge on any atom is -0.435 e. The van der Waals surface area contributed by atoms with Crippen molar-refractivity contribution < 1.29 is 13.5 Å². The van der Waals surface area contributed by atoms with Crippen molar-refractivity contribution in [3.63, 3.8) is 0 Å². The molecule has 3 rings (SSSR count). The number of hydrogen-bond acceptors (Lipinski definition) is 4. The predicted octanol–water partition coefficient (Wildman–Crippen LogP) is 3.82. The Morgan fingerprint density at radius 2 is 1.88 bits per heavy atom. The fourth-order valence-corrected chi connectivity index (χ4v) is 2.79. The number of fused-ring (bicyclic) bond motifs is 1. The van der Waals surface area contributed by atoms with E-state index in [2.05, 4.69) is 19.9 Å². The van der Waals surface area contributed by atoms with Gasteiger partial charge in [-0.05, 0) is 23.8 Å². The van der Waals surface area contributed by atoms with Gasteiger partial charge in [0.05, 0.1) is 21.1 Å². The Morgan fingerprint density at radius 1 is 1.17 bits per heavy atom.